The third kappa shape index (κ3) is 3.88. The number of hydrogen-bond acceptors (Lipinski definition) is 5. The molecule has 1 amide bonds. The predicted octanol–water partition coefficient (Wildman–Crippen LogP) is 0.0777. The van der Waals surface area contributed by atoms with Crippen LogP contribution in [0.15, 0.2) is 17.6 Å². The van der Waals surface area contributed by atoms with Crippen molar-refractivity contribution >= 4 is 15.9 Å². The fraction of sp³-hybridized carbons (Fsp3) is 0.750. The van der Waals surface area contributed by atoms with Crippen LogP contribution in [-0.4, -0.2) is 84.3 Å². The van der Waals surface area contributed by atoms with Crippen LogP contribution in [0, 0.1) is 5.92 Å². The van der Waals surface area contributed by atoms with E-state index in [1.807, 2.05) is 18.9 Å². The highest BCUT2D eigenvalue weighted by Crippen LogP contribution is 2.24. The molecule has 2 aliphatic rings. The molecular formula is C16H27N5O3S. The van der Waals surface area contributed by atoms with E-state index in [2.05, 4.69) is 9.88 Å². The molecule has 2 saturated heterocycles. The second kappa shape index (κ2) is 7.43. The van der Waals surface area contributed by atoms with Gasteiger partial charge in [0.2, 0.25) is 5.91 Å². The molecule has 140 valence electrons. The molecular weight excluding hydrogens is 342 g/mol. The molecule has 2 fully saturated rings. The maximum Gasteiger partial charge on any atom is 0.262 e. The number of aromatic nitrogens is 2. The van der Waals surface area contributed by atoms with Crippen molar-refractivity contribution in [2.24, 2.45) is 5.92 Å². The van der Waals surface area contributed by atoms with Gasteiger partial charge < -0.3 is 14.4 Å². The van der Waals surface area contributed by atoms with Gasteiger partial charge in [-0.2, -0.15) is 4.31 Å². The summed E-state index contributed by atoms with van der Waals surface area (Å²) < 4.78 is 28.8. The summed E-state index contributed by atoms with van der Waals surface area (Å²) in [6.07, 6.45) is 4.55. The number of nitrogens with zero attached hydrogens (tertiary/aromatic N) is 5. The highest BCUT2D eigenvalue weighted by atomic mass is 32.2. The summed E-state index contributed by atoms with van der Waals surface area (Å²) in [7, 11) is -1.59. The molecule has 0 aromatic carbocycles. The minimum Gasteiger partial charge on any atom is -0.340 e. The zero-order valence-corrected chi connectivity index (χ0v) is 15.8. The first-order chi connectivity index (χ1) is 11.9. The second-order valence-corrected chi connectivity index (χ2v) is 8.76. The van der Waals surface area contributed by atoms with Gasteiger partial charge in [0.05, 0.1) is 12.2 Å². The summed E-state index contributed by atoms with van der Waals surface area (Å²) in [6, 6.07) is 0. The lowest BCUT2D eigenvalue weighted by Crippen LogP contribution is -2.52. The number of likely N-dealkylation sites (N-methyl/N-ethyl adjacent to an activating group) is 1. The van der Waals surface area contributed by atoms with Crippen molar-refractivity contribution in [2.75, 3.05) is 46.3 Å². The van der Waals surface area contributed by atoms with E-state index in [9.17, 15) is 13.2 Å². The number of hydrogen-bond donors (Lipinski definition) is 0. The SMILES string of the molecule is CCn1cnc(S(=O)(=O)N2CCC[C@H](C(=O)N3CCN(C)CC3)C2)c1. The van der Waals surface area contributed by atoms with Gasteiger partial charge in [-0.15, -0.1) is 0 Å². The molecule has 8 nitrogen and oxygen atoms in total. The minimum atomic E-state index is -3.63. The van der Waals surface area contributed by atoms with Crippen LogP contribution in [0.2, 0.25) is 0 Å². The van der Waals surface area contributed by atoms with E-state index in [0.717, 1.165) is 32.6 Å². The molecule has 1 aromatic rings. The fourth-order valence-electron chi connectivity index (χ4n) is 3.43. The van der Waals surface area contributed by atoms with Crippen LogP contribution in [0.3, 0.4) is 0 Å². The molecule has 0 unspecified atom stereocenters. The Kier molecular flexibility index (Phi) is 5.45. The standard InChI is InChI=1S/C16H27N5O3S/c1-3-19-12-15(17-13-19)25(23,24)21-6-4-5-14(11-21)16(22)20-9-7-18(2)8-10-20/h12-14H,3-11H2,1-2H3/t14-/m0/s1. The third-order valence-corrected chi connectivity index (χ3v) is 6.88. The first-order valence-electron chi connectivity index (χ1n) is 8.91. The second-order valence-electron chi connectivity index (χ2n) is 6.87. The number of imidazole rings is 1. The van der Waals surface area contributed by atoms with E-state index >= 15 is 0 Å². The summed E-state index contributed by atoms with van der Waals surface area (Å²) in [6.45, 7) is 6.50. The number of carbonyl (C=O) groups is 1. The van der Waals surface area contributed by atoms with Crippen molar-refractivity contribution in [3.63, 3.8) is 0 Å². The van der Waals surface area contributed by atoms with Gasteiger partial charge in [-0.3, -0.25) is 4.79 Å². The van der Waals surface area contributed by atoms with Crippen molar-refractivity contribution in [3.8, 4) is 0 Å². The van der Waals surface area contributed by atoms with Crippen LogP contribution >= 0.6 is 0 Å². The van der Waals surface area contributed by atoms with E-state index < -0.39 is 10.0 Å². The molecule has 25 heavy (non-hydrogen) atoms. The van der Waals surface area contributed by atoms with Gasteiger partial charge in [0, 0.05) is 52.0 Å². The maximum atomic E-state index is 12.8. The molecule has 2 aliphatic heterocycles. The van der Waals surface area contributed by atoms with E-state index in [1.54, 1.807) is 10.8 Å². The summed E-state index contributed by atoms with van der Waals surface area (Å²) in [5, 5.41) is 0.0713. The molecule has 1 atom stereocenters. The molecule has 0 spiro atoms. The van der Waals surface area contributed by atoms with Gasteiger partial charge in [0.1, 0.15) is 0 Å². The Hall–Kier alpha value is -1.45. The highest BCUT2D eigenvalue weighted by Gasteiger charge is 2.36. The molecule has 9 heteroatoms. The van der Waals surface area contributed by atoms with E-state index in [4.69, 9.17) is 0 Å². The van der Waals surface area contributed by atoms with Crippen molar-refractivity contribution in [1.29, 1.82) is 0 Å². The van der Waals surface area contributed by atoms with E-state index in [1.165, 1.54) is 10.6 Å². The Labute approximate surface area is 149 Å². The molecule has 0 saturated carbocycles. The zero-order valence-electron chi connectivity index (χ0n) is 15.0. The van der Waals surface area contributed by atoms with Gasteiger partial charge in [0.25, 0.3) is 10.0 Å². The maximum absolute atomic E-state index is 12.8. The fourth-order valence-corrected chi connectivity index (χ4v) is 4.88. The Morgan fingerprint density at radius 2 is 1.96 bits per heavy atom. The van der Waals surface area contributed by atoms with E-state index in [-0.39, 0.29) is 23.4 Å². The predicted molar refractivity (Wildman–Crippen MR) is 93.5 cm³/mol. The van der Waals surface area contributed by atoms with Gasteiger partial charge in [-0.1, -0.05) is 0 Å². The average Bonchev–Trinajstić information content (AvgIpc) is 3.12. The van der Waals surface area contributed by atoms with Crippen LogP contribution in [0.5, 0.6) is 0 Å². The van der Waals surface area contributed by atoms with Crippen LogP contribution in [0.4, 0.5) is 0 Å². The number of piperazine rings is 1. The minimum absolute atomic E-state index is 0.0713. The number of piperidine rings is 1. The van der Waals surface area contributed by atoms with Crippen LogP contribution in [0.25, 0.3) is 0 Å². The van der Waals surface area contributed by atoms with Crippen molar-refractivity contribution < 1.29 is 13.2 Å². The van der Waals surface area contributed by atoms with Gasteiger partial charge in [-0.05, 0) is 26.8 Å². The Balaban J connectivity index is 1.69. The molecule has 0 aliphatic carbocycles. The van der Waals surface area contributed by atoms with Gasteiger partial charge >= 0.3 is 0 Å². The lowest BCUT2D eigenvalue weighted by Gasteiger charge is -2.37. The number of carbonyl (C=O) groups excluding carboxylic acids is 1. The Morgan fingerprint density at radius 3 is 2.60 bits per heavy atom. The molecule has 0 radical (unpaired) electrons. The quantitative estimate of drug-likeness (QED) is 0.751. The molecule has 1 aromatic heterocycles. The van der Waals surface area contributed by atoms with Crippen molar-refractivity contribution in [2.45, 2.75) is 31.3 Å². The van der Waals surface area contributed by atoms with Crippen LogP contribution < -0.4 is 0 Å². The normalized spacial score (nSPS) is 23.8. The van der Waals surface area contributed by atoms with Gasteiger partial charge in [-0.25, -0.2) is 13.4 Å². The summed E-state index contributed by atoms with van der Waals surface area (Å²) in [4.78, 5) is 20.9. The van der Waals surface area contributed by atoms with Crippen molar-refractivity contribution in [3.05, 3.63) is 12.5 Å². The molecule has 0 N–H and O–H groups in total. The first-order valence-corrected chi connectivity index (χ1v) is 10.3. The first kappa shape index (κ1) is 18.3. The zero-order chi connectivity index (χ0) is 18.0. The summed E-state index contributed by atoms with van der Waals surface area (Å²) in [5.41, 5.74) is 0. The largest absolute Gasteiger partial charge is 0.340 e. The van der Waals surface area contributed by atoms with Crippen LogP contribution in [-0.2, 0) is 21.4 Å². The number of sulfonamides is 1. The lowest BCUT2D eigenvalue weighted by atomic mass is 9.98. The lowest BCUT2D eigenvalue weighted by molar-refractivity contribution is -0.138. The van der Waals surface area contributed by atoms with Crippen molar-refractivity contribution in [1.82, 2.24) is 23.7 Å². The number of amides is 1. The Bertz CT molecular complexity index is 709. The molecule has 0 bridgehead atoms. The monoisotopic (exact) mass is 369 g/mol. The van der Waals surface area contributed by atoms with Gasteiger partial charge in [0.15, 0.2) is 5.03 Å². The number of rotatable bonds is 4. The average molecular weight is 369 g/mol. The summed E-state index contributed by atoms with van der Waals surface area (Å²) in [5.74, 6) is -0.160. The van der Waals surface area contributed by atoms with Crippen LogP contribution in [0.1, 0.15) is 19.8 Å². The molecule has 3 rings (SSSR count). The number of aryl methyl sites for hydroxylation is 1. The smallest absolute Gasteiger partial charge is 0.262 e. The van der Waals surface area contributed by atoms with E-state index in [0.29, 0.717) is 19.5 Å². The Morgan fingerprint density at radius 1 is 1.24 bits per heavy atom. The highest BCUT2D eigenvalue weighted by molar-refractivity contribution is 7.89. The summed E-state index contributed by atoms with van der Waals surface area (Å²) >= 11 is 0. The topological polar surface area (TPSA) is 78.8 Å². The third-order valence-electron chi connectivity index (χ3n) is 5.13. The molecule has 3 heterocycles.